The summed E-state index contributed by atoms with van der Waals surface area (Å²) in [5, 5.41) is 9.29. The maximum atomic E-state index is 11.6. The topological polar surface area (TPSA) is 59.0 Å². The summed E-state index contributed by atoms with van der Waals surface area (Å²) in [6.45, 7) is 4.06. The lowest BCUT2D eigenvalue weighted by atomic mass is 9.96. The molecule has 1 N–H and O–H groups in total. The fourth-order valence-electron chi connectivity index (χ4n) is 2.04. The third kappa shape index (κ3) is 1.09. The van der Waals surface area contributed by atoms with Crippen molar-refractivity contribution in [1.29, 1.82) is 0 Å². The minimum atomic E-state index is -0.998. The van der Waals surface area contributed by atoms with Crippen LogP contribution in [0.2, 0.25) is 0 Å². The van der Waals surface area contributed by atoms with Crippen molar-refractivity contribution in [2.24, 2.45) is 0 Å². The average molecular weight is 201 g/mol. The lowest BCUT2D eigenvalue weighted by Gasteiger charge is -2.33. The van der Waals surface area contributed by atoms with Crippen molar-refractivity contribution >= 4 is 5.97 Å². The van der Waals surface area contributed by atoms with Crippen LogP contribution in [-0.4, -0.2) is 47.2 Å². The SMILES string of the molecule is CN1C(C)(C)OCC12CC(O)OC2=O. The van der Waals surface area contributed by atoms with Crippen molar-refractivity contribution < 1.29 is 19.4 Å². The molecule has 2 aliphatic rings. The molecular formula is C9H15NO4. The molecule has 2 rings (SSSR count). The summed E-state index contributed by atoms with van der Waals surface area (Å²) in [7, 11) is 1.81. The van der Waals surface area contributed by atoms with Gasteiger partial charge in [0.05, 0.1) is 6.61 Å². The highest BCUT2D eigenvalue weighted by atomic mass is 16.6. The van der Waals surface area contributed by atoms with E-state index in [4.69, 9.17) is 9.47 Å². The second-order valence-corrected chi connectivity index (χ2v) is 4.39. The van der Waals surface area contributed by atoms with Crippen molar-refractivity contribution in [3.05, 3.63) is 0 Å². The first-order valence-corrected chi connectivity index (χ1v) is 4.65. The van der Waals surface area contributed by atoms with E-state index in [9.17, 15) is 9.90 Å². The molecule has 0 aliphatic carbocycles. The smallest absolute Gasteiger partial charge is 0.331 e. The molecule has 2 saturated heterocycles. The molecule has 14 heavy (non-hydrogen) atoms. The molecule has 0 amide bonds. The Bertz CT molecular complexity index is 278. The van der Waals surface area contributed by atoms with Crippen LogP contribution in [0.25, 0.3) is 0 Å². The Labute approximate surface area is 82.6 Å². The number of carbonyl (C=O) groups excluding carboxylic acids is 1. The molecule has 0 aromatic heterocycles. The van der Waals surface area contributed by atoms with Gasteiger partial charge in [0.15, 0.2) is 5.54 Å². The molecule has 2 heterocycles. The van der Waals surface area contributed by atoms with E-state index in [0.29, 0.717) is 0 Å². The number of carbonyl (C=O) groups is 1. The van der Waals surface area contributed by atoms with E-state index >= 15 is 0 Å². The Morgan fingerprint density at radius 2 is 2.21 bits per heavy atom. The Kier molecular flexibility index (Phi) is 1.90. The molecule has 5 nitrogen and oxygen atoms in total. The van der Waals surface area contributed by atoms with Crippen LogP contribution >= 0.6 is 0 Å². The fourth-order valence-corrected chi connectivity index (χ4v) is 2.04. The lowest BCUT2D eigenvalue weighted by molar-refractivity contribution is -0.158. The van der Waals surface area contributed by atoms with Crippen LogP contribution in [0, 0.1) is 0 Å². The zero-order chi connectivity index (χ0) is 10.6. The number of nitrogens with zero attached hydrogens (tertiary/aromatic N) is 1. The summed E-state index contributed by atoms with van der Waals surface area (Å²) in [4.78, 5) is 13.4. The van der Waals surface area contributed by atoms with Gasteiger partial charge in [0.25, 0.3) is 0 Å². The van der Waals surface area contributed by atoms with Crippen LogP contribution in [0.4, 0.5) is 0 Å². The summed E-state index contributed by atoms with van der Waals surface area (Å²) < 4.78 is 10.3. The predicted octanol–water partition coefficient (Wildman–Crippen LogP) is -0.311. The number of aliphatic hydroxyl groups is 1. The van der Waals surface area contributed by atoms with Gasteiger partial charge < -0.3 is 14.6 Å². The second-order valence-electron chi connectivity index (χ2n) is 4.39. The molecule has 2 atom stereocenters. The molecule has 2 unspecified atom stereocenters. The summed E-state index contributed by atoms with van der Waals surface area (Å²) in [5.41, 5.74) is -1.27. The first-order chi connectivity index (χ1) is 6.38. The van der Waals surface area contributed by atoms with E-state index in [1.165, 1.54) is 0 Å². The number of likely N-dealkylation sites (N-methyl/N-ethyl adjacent to an activating group) is 1. The molecule has 1 spiro atoms. The molecule has 2 aliphatic heterocycles. The van der Waals surface area contributed by atoms with E-state index in [-0.39, 0.29) is 13.0 Å². The zero-order valence-corrected chi connectivity index (χ0v) is 8.61. The molecule has 0 radical (unpaired) electrons. The number of rotatable bonds is 0. The van der Waals surface area contributed by atoms with Gasteiger partial charge in [0.2, 0.25) is 6.29 Å². The van der Waals surface area contributed by atoms with Crippen molar-refractivity contribution in [2.75, 3.05) is 13.7 Å². The van der Waals surface area contributed by atoms with Gasteiger partial charge in [-0.3, -0.25) is 4.90 Å². The lowest BCUT2D eigenvalue weighted by Crippen LogP contribution is -2.53. The normalized spacial score (nSPS) is 42.0. The fraction of sp³-hybridized carbons (Fsp3) is 0.889. The molecule has 0 saturated carbocycles. The number of cyclic esters (lactones) is 1. The number of ether oxygens (including phenoxy) is 2. The largest absolute Gasteiger partial charge is 0.434 e. The van der Waals surface area contributed by atoms with E-state index < -0.39 is 23.5 Å². The third-order valence-corrected chi connectivity index (χ3v) is 3.25. The monoisotopic (exact) mass is 201 g/mol. The van der Waals surface area contributed by atoms with Crippen molar-refractivity contribution in [3.8, 4) is 0 Å². The van der Waals surface area contributed by atoms with Gasteiger partial charge in [0.1, 0.15) is 5.72 Å². The Hall–Kier alpha value is -0.650. The first kappa shape index (κ1) is 9.89. The Balaban J connectivity index is 2.31. The van der Waals surface area contributed by atoms with E-state index in [2.05, 4.69) is 0 Å². The van der Waals surface area contributed by atoms with Crippen molar-refractivity contribution in [1.82, 2.24) is 4.90 Å². The highest BCUT2D eigenvalue weighted by Crippen LogP contribution is 2.40. The van der Waals surface area contributed by atoms with Gasteiger partial charge in [-0.2, -0.15) is 0 Å². The summed E-state index contributed by atoms with van der Waals surface area (Å²) >= 11 is 0. The summed E-state index contributed by atoms with van der Waals surface area (Å²) in [5.74, 6) is -0.391. The van der Waals surface area contributed by atoms with Crippen LogP contribution in [0.1, 0.15) is 20.3 Å². The molecule has 5 heteroatoms. The maximum Gasteiger partial charge on any atom is 0.331 e. The van der Waals surface area contributed by atoms with E-state index in [1.807, 2.05) is 25.8 Å². The second kappa shape index (κ2) is 2.68. The number of hydrogen-bond donors (Lipinski definition) is 1. The van der Waals surface area contributed by atoms with Crippen LogP contribution < -0.4 is 0 Å². The van der Waals surface area contributed by atoms with Crippen LogP contribution in [0.15, 0.2) is 0 Å². The Morgan fingerprint density at radius 3 is 2.57 bits per heavy atom. The van der Waals surface area contributed by atoms with Gasteiger partial charge in [-0.25, -0.2) is 4.79 Å². The highest BCUT2D eigenvalue weighted by molar-refractivity contribution is 5.83. The standard InChI is InChI=1S/C9H15NO4/c1-8(2)10(3)9(5-13-8)4-6(11)14-7(9)12/h6,11H,4-5H2,1-3H3. The molecular weight excluding hydrogens is 186 g/mol. The molecule has 0 aromatic carbocycles. The van der Waals surface area contributed by atoms with Gasteiger partial charge in [0, 0.05) is 6.42 Å². The van der Waals surface area contributed by atoms with Gasteiger partial charge in [-0.15, -0.1) is 0 Å². The van der Waals surface area contributed by atoms with E-state index in [0.717, 1.165) is 0 Å². The molecule has 0 bridgehead atoms. The van der Waals surface area contributed by atoms with Crippen LogP contribution in [0.5, 0.6) is 0 Å². The minimum Gasteiger partial charge on any atom is -0.434 e. The highest BCUT2D eigenvalue weighted by Gasteiger charge is 2.60. The average Bonchev–Trinajstić information content (AvgIpc) is 2.47. The summed E-state index contributed by atoms with van der Waals surface area (Å²) in [6.07, 6.45) is -0.714. The van der Waals surface area contributed by atoms with Crippen molar-refractivity contribution in [3.63, 3.8) is 0 Å². The van der Waals surface area contributed by atoms with Gasteiger partial charge >= 0.3 is 5.97 Å². The molecule has 0 aromatic rings. The predicted molar refractivity (Wildman–Crippen MR) is 47.2 cm³/mol. The quantitative estimate of drug-likeness (QED) is 0.545. The summed E-state index contributed by atoms with van der Waals surface area (Å²) in [6, 6.07) is 0. The minimum absolute atomic E-state index is 0.283. The molecule has 80 valence electrons. The first-order valence-electron chi connectivity index (χ1n) is 4.65. The van der Waals surface area contributed by atoms with Gasteiger partial charge in [-0.1, -0.05) is 0 Å². The zero-order valence-electron chi connectivity index (χ0n) is 8.61. The maximum absolute atomic E-state index is 11.6. The number of aliphatic hydroxyl groups excluding tert-OH is 1. The number of hydrogen-bond acceptors (Lipinski definition) is 5. The third-order valence-electron chi connectivity index (χ3n) is 3.25. The Morgan fingerprint density at radius 1 is 1.57 bits per heavy atom. The molecule has 2 fully saturated rings. The van der Waals surface area contributed by atoms with Crippen LogP contribution in [-0.2, 0) is 14.3 Å². The van der Waals surface area contributed by atoms with Crippen LogP contribution in [0.3, 0.4) is 0 Å². The van der Waals surface area contributed by atoms with Gasteiger partial charge in [-0.05, 0) is 20.9 Å². The van der Waals surface area contributed by atoms with Crippen molar-refractivity contribution in [2.45, 2.75) is 37.8 Å². The number of esters is 1. The van der Waals surface area contributed by atoms with E-state index in [1.54, 1.807) is 0 Å².